The maximum absolute atomic E-state index is 9.29. The topological polar surface area (TPSA) is 50.7 Å². The predicted molar refractivity (Wildman–Crippen MR) is 84.6 cm³/mol. The number of nitrogens with one attached hydrogen (secondary N) is 1. The highest BCUT2D eigenvalue weighted by atomic mass is 32.2. The molecular formula is C16H17NO3S. The lowest BCUT2D eigenvalue weighted by molar-refractivity contribution is 0.171. The third-order valence-corrected chi connectivity index (χ3v) is 4.12. The first-order valence-electron chi connectivity index (χ1n) is 6.75. The molecule has 2 aromatic rings. The van der Waals surface area contributed by atoms with Gasteiger partial charge in [0, 0.05) is 17.1 Å². The molecule has 0 unspecified atom stereocenters. The first-order valence-corrected chi connectivity index (χ1v) is 7.98. The van der Waals surface area contributed by atoms with Gasteiger partial charge in [0.15, 0.2) is 11.5 Å². The van der Waals surface area contributed by atoms with Crippen LogP contribution in [-0.2, 0) is 6.54 Å². The Labute approximate surface area is 128 Å². The molecule has 0 spiro atoms. The number of benzene rings is 2. The van der Waals surface area contributed by atoms with Gasteiger partial charge in [-0.25, -0.2) is 0 Å². The zero-order chi connectivity index (χ0) is 14.7. The lowest BCUT2D eigenvalue weighted by Gasteiger charge is -2.21. The first-order chi connectivity index (χ1) is 10.3. The van der Waals surface area contributed by atoms with Crippen molar-refractivity contribution in [3.05, 3.63) is 42.0 Å². The Bertz CT molecular complexity index is 628. The second-order valence-electron chi connectivity index (χ2n) is 4.71. The monoisotopic (exact) mass is 303 g/mol. The van der Waals surface area contributed by atoms with Crippen LogP contribution in [0.3, 0.4) is 0 Å². The zero-order valence-corrected chi connectivity index (χ0v) is 12.6. The largest absolute Gasteiger partial charge is 0.508 e. The number of phenols is 1. The van der Waals surface area contributed by atoms with E-state index in [4.69, 9.17) is 9.47 Å². The number of hydrogen-bond acceptors (Lipinski definition) is 5. The summed E-state index contributed by atoms with van der Waals surface area (Å²) >= 11 is 1.69. The van der Waals surface area contributed by atoms with Gasteiger partial charge in [0.2, 0.25) is 0 Å². The number of thioether (sulfide) groups is 1. The SMILES string of the molecule is CSc1cc2c(cc1CNc1ccc(O)cc1)OCCO2. The number of phenolic OH excluding ortho intramolecular Hbond substituents is 1. The third kappa shape index (κ3) is 3.19. The van der Waals surface area contributed by atoms with E-state index < -0.39 is 0 Å². The quantitative estimate of drug-likeness (QED) is 0.669. The van der Waals surface area contributed by atoms with Crippen LogP contribution in [0.5, 0.6) is 17.2 Å². The van der Waals surface area contributed by atoms with Crippen LogP contribution in [0.15, 0.2) is 41.3 Å². The van der Waals surface area contributed by atoms with Crippen molar-refractivity contribution in [1.29, 1.82) is 0 Å². The summed E-state index contributed by atoms with van der Waals surface area (Å²) in [6, 6.07) is 11.1. The molecule has 0 radical (unpaired) electrons. The smallest absolute Gasteiger partial charge is 0.162 e. The second kappa shape index (κ2) is 6.18. The number of hydrogen-bond donors (Lipinski definition) is 2. The molecule has 0 amide bonds. The van der Waals surface area contributed by atoms with Gasteiger partial charge >= 0.3 is 0 Å². The molecular weight excluding hydrogens is 286 g/mol. The van der Waals surface area contributed by atoms with Gasteiger partial charge in [0.05, 0.1) is 0 Å². The molecule has 0 aromatic heterocycles. The molecule has 1 heterocycles. The fourth-order valence-electron chi connectivity index (χ4n) is 2.22. The molecule has 4 nitrogen and oxygen atoms in total. The molecule has 1 aliphatic rings. The molecule has 21 heavy (non-hydrogen) atoms. The molecule has 2 N–H and O–H groups in total. The van der Waals surface area contributed by atoms with Crippen molar-refractivity contribution in [2.45, 2.75) is 11.4 Å². The Hall–Kier alpha value is -2.01. The Morgan fingerprint density at radius 3 is 2.43 bits per heavy atom. The minimum atomic E-state index is 0.268. The second-order valence-corrected chi connectivity index (χ2v) is 5.56. The molecule has 1 aliphatic heterocycles. The van der Waals surface area contributed by atoms with Crippen molar-refractivity contribution >= 4 is 17.4 Å². The van der Waals surface area contributed by atoms with E-state index in [0.717, 1.165) is 17.2 Å². The molecule has 5 heteroatoms. The van der Waals surface area contributed by atoms with Crippen LogP contribution in [0.25, 0.3) is 0 Å². The van der Waals surface area contributed by atoms with E-state index in [-0.39, 0.29) is 5.75 Å². The van der Waals surface area contributed by atoms with Crippen LogP contribution in [0.2, 0.25) is 0 Å². The summed E-state index contributed by atoms with van der Waals surface area (Å²) in [5.74, 6) is 1.89. The standard InChI is InChI=1S/C16H17NO3S/c1-21-16-9-15-14(19-6-7-20-15)8-11(16)10-17-12-2-4-13(18)5-3-12/h2-5,8-9,17-18H,6-7,10H2,1H3. The van der Waals surface area contributed by atoms with Crippen LogP contribution in [0.1, 0.15) is 5.56 Å². The summed E-state index contributed by atoms with van der Waals surface area (Å²) in [6.45, 7) is 1.89. The summed E-state index contributed by atoms with van der Waals surface area (Å²) in [4.78, 5) is 1.17. The molecule has 0 aliphatic carbocycles. The van der Waals surface area contributed by atoms with E-state index in [0.29, 0.717) is 19.8 Å². The van der Waals surface area contributed by atoms with Crippen molar-refractivity contribution < 1.29 is 14.6 Å². The average molecular weight is 303 g/mol. The van der Waals surface area contributed by atoms with Gasteiger partial charge in [-0.3, -0.25) is 0 Å². The molecule has 0 atom stereocenters. The van der Waals surface area contributed by atoms with E-state index >= 15 is 0 Å². The van der Waals surface area contributed by atoms with Crippen molar-refractivity contribution in [2.24, 2.45) is 0 Å². The highest BCUT2D eigenvalue weighted by Gasteiger charge is 2.15. The number of anilines is 1. The lowest BCUT2D eigenvalue weighted by Crippen LogP contribution is -2.16. The summed E-state index contributed by atoms with van der Waals surface area (Å²) in [6.07, 6.45) is 2.05. The molecule has 0 saturated carbocycles. The van der Waals surface area contributed by atoms with E-state index in [2.05, 4.69) is 11.6 Å². The zero-order valence-electron chi connectivity index (χ0n) is 11.8. The fraction of sp³-hybridized carbons (Fsp3) is 0.250. The van der Waals surface area contributed by atoms with Gasteiger partial charge in [0.25, 0.3) is 0 Å². The number of ether oxygens (including phenoxy) is 2. The highest BCUT2D eigenvalue weighted by molar-refractivity contribution is 7.98. The fourth-order valence-corrected chi connectivity index (χ4v) is 2.84. The number of fused-ring (bicyclic) bond motifs is 1. The van der Waals surface area contributed by atoms with Gasteiger partial charge in [0.1, 0.15) is 19.0 Å². The predicted octanol–water partition coefficient (Wildman–Crippen LogP) is 3.50. The van der Waals surface area contributed by atoms with E-state index in [1.165, 1.54) is 10.5 Å². The van der Waals surface area contributed by atoms with Crippen molar-refractivity contribution in [3.8, 4) is 17.2 Å². The van der Waals surface area contributed by atoms with Gasteiger partial charge in [-0.15, -0.1) is 11.8 Å². The Kier molecular flexibility index (Phi) is 4.10. The minimum Gasteiger partial charge on any atom is -0.508 e. The average Bonchev–Trinajstić information content (AvgIpc) is 2.53. The Morgan fingerprint density at radius 1 is 1.10 bits per heavy atom. The van der Waals surface area contributed by atoms with Crippen LogP contribution in [0.4, 0.5) is 5.69 Å². The number of rotatable bonds is 4. The van der Waals surface area contributed by atoms with Gasteiger partial charge in [-0.05, 0) is 48.2 Å². The van der Waals surface area contributed by atoms with E-state index in [1.807, 2.05) is 24.3 Å². The summed E-state index contributed by atoms with van der Waals surface area (Å²) in [5.41, 5.74) is 2.13. The van der Waals surface area contributed by atoms with Crippen molar-refractivity contribution in [3.63, 3.8) is 0 Å². The minimum absolute atomic E-state index is 0.268. The molecule has 3 rings (SSSR count). The van der Waals surface area contributed by atoms with Crippen molar-refractivity contribution in [1.82, 2.24) is 0 Å². The summed E-state index contributed by atoms with van der Waals surface area (Å²) in [5, 5.41) is 12.6. The normalized spacial score (nSPS) is 13.0. The van der Waals surface area contributed by atoms with Crippen LogP contribution >= 0.6 is 11.8 Å². The lowest BCUT2D eigenvalue weighted by atomic mass is 10.2. The Balaban J connectivity index is 1.79. The molecule has 0 fully saturated rings. The summed E-state index contributed by atoms with van der Waals surface area (Å²) < 4.78 is 11.2. The maximum atomic E-state index is 9.29. The molecule has 110 valence electrons. The van der Waals surface area contributed by atoms with Gasteiger partial charge < -0.3 is 19.9 Å². The third-order valence-electron chi connectivity index (χ3n) is 3.30. The van der Waals surface area contributed by atoms with E-state index in [9.17, 15) is 5.11 Å². The van der Waals surface area contributed by atoms with E-state index in [1.54, 1.807) is 23.9 Å². The maximum Gasteiger partial charge on any atom is 0.162 e. The van der Waals surface area contributed by atoms with Gasteiger partial charge in [-0.2, -0.15) is 0 Å². The highest BCUT2D eigenvalue weighted by Crippen LogP contribution is 2.36. The number of aromatic hydroxyl groups is 1. The molecule has 0 bridgehead atoms. The first kappa shape index (κ1) is 13.9. The van der Waals surface area contributed by atoms with Gasteiger partial charge in [-0.1, -0.05) is 0 Å². The van der Waals surface area contributed by atoms with Crippen LogP contribution < -0.4 is 14.8 Å². The van der Waals surface area contributed by atoms with Crippen LogP contribution in [0, 0.1) is 0 Å². The van der Waals surface area contributed by atoms with Crippen LogP contribution in [-0.4, -0.2) is 24.6 Å². The molecule has 2 aromatic carbocycles. The molecule has 0 saturated heterocycles. The Morgan fingerprint density at radius 2 is 1.76 bits per heavy atom. The summed E-state index contributed by atoms with van der Waals surface area (Å²) in [7, 11) is 0. The van der Waals surface area contributed by atoms with Crippen molar-refractivity contribution in [2.75, 3.05) is 24.8 Å².